The molecule has 122 valence electrons. The van der Waals surface area contributed by atoms with Gasteiger partial charge in [-0.2, -0.15) is 0 Å². The molecule has 1 aromatic carbocycles. The predicted octanol–water partition coefficient (Wildman–Crippen LogP) is 0.294. The van der Waals surface area contributed by atoms with Crippen LogP contribution in [0.15, 0.2) is 24.3 Å². The predicted molar refractivity (Wildman–Crippen MR) is 84.0 cm³/mol. The first-order valence-electron chi connectivity index (χ1n) is 7.89. The molecule has 1 saturated heterocycles. The van der Waals surface area contributed by atoms with Crippen LogP contribution in [-0.4, -0.2) is 46.7 Å². The molecule has 0 aromatic heterocycles. The second kappa shape index (κ2) is 6.02. The highest BCUT2D eigenvalue weighted by molar-refractivity contribution is 5.89. The van der Waals surface area contributed by atoms with Crippen LogP contribution < -0.4 is 5.73 Å². The molecule has 6 heteroatoms. The van der Waals surface area contributed by atoms with E-state index in [-0.39, 0.29) is 23.6 Å². The molecule has 2 aliphatic heterocycles. The summed E-state index contributed by atoms with van der Waals surface area (Å²) in [5, 5.41) is 0. The first kappa shape index (κ1) is 15.5. The summed E-state index contributed by atoms with van der Waals surface area (Å²) >= 11 is 0. The third kappa shape index (κ3) is 2.93. The third-order valence-corrected chi connectivity index (χ3v) is 4.84. The second-order valence-corrected chi connectivity index (χ2v) is 6.31. The van der Waals surface area contributed by atoms with Crippen LogP contribution in [0.1, 0.15) is 24.5 Å². The molecule has 0 bridgehead atoms. The van der Waals surface area contributed by atoms with Crippen molar-refractivity contribution in [2.24, 2.45) is 11.7 Å². The Balaban J connectivity index is 1.81. The van der Waals surface area contributed by atoms with E-state index in [0.717, 1.165) is 11.1 Å². The monoisotopic (exact) mass is 315 g/mol. The van der Waals surface area contributed by atoms with E-state index < -0.39 is 6.04 Å². The lowest BCUT2D eigenvalue weighted by molar-refractivity contribution is -0.145. The van der Waals surface area contributed by atoms with Crippen molar-refractivity contribution in [3.63, 3.8) is 0 Å². The Morgan fingerprint density at radius 2 is 1.87 bits per heavy atom. The molecule has 0 spiro atoms. The minimum absolute atomic E-state index is 0.0848. The molecule has 0 aliphatic carbocycles. The molecule has 3 amide bonds. The fourth-order valence-corrected chi connectivity index (χ4v) is 3.48. The van der Waals surface area contributed by atoms with E-state index in [1.807, 2.05) is 24.3 Å². The smallest absolute Gasteiger partial charge is 0.245 e. The van der Waals surface area contributed by atoms with Crippen molar-refractivity contribution in [3.8, 4) is 0 Å². The number of hydrogen-bond donors (Lipinski definition) is 1. The van der Waals surface area contributed by atoms with E-state index in [1.165, 1.54) is 6.92 Å². The van der Waals surface area contributed by atoms with Crippen molar-refractivity contribution in [1.29, 1.82) is 0 Å². The van der Waals surface area contributed by atoms with E-state index in [1.54, 1.807) is 9.80 Å². The number of likely N-dealkylation sites (tertiary alicyclic amines) is 1. The lowest BCUT2D eigenvalue weighted by Gasteiger charge is -2.37. The lowest BCUT2D eigenvalue weighted by atomic mass is 9.93. The van der Waals surface area contributed by atoms with Gasteiger partial charge >= 0.3 is 0 Å². The average Bonchev–Trinajstić information content (AvgIpc) is 3.03. The zero-order valence-corrected chi connectivity index (χ0v) is 13.2. The molecule has 1 aromatic rings. The fraction of sp³-hybridized carbons (Fsp3) is 0.471. The number of nitrogens with two attached hydrogens (primary N) is 1. The maximum absolute atomic E-state index is 12.9. The number of carbonyl (C=O) groups is 3. The van der Waals surface area contributed by atoms with Crippen molar-refractivity contribution >= 4 is 17.7 Å². The number of rotatable bonds is 2. The number of primary amides is 1. The Labute approximate surface area is 135 Å². The summed E-state index contributed by atoms with van der Waals surface area (Å²) in [6.45, 7) is 2.83. The van der Waals surface area contributed by atoms with Crippen LogP contribution >= 0.6 is 0 Å². The fourth-order valence-electron chi connectivity index (χ4n) is 3.48. The van der Waals surface area contributed by atoms with Crippen LogP contribution in [0.3, 0.4) is 0 Å². The van der Waals surface area contributed by atoms with E-state index >= 15 is 0 Å². The normalized spacial score (nSPS) is 23.5. The molecule has 3 rings (SSSR count). The molecular weight excluding hydrogens is 294 g/mol. The van der Waals surface area contributed by atoms with Crippen molar-refractivity contribution in [3.05, 3.63) is 35.4 Å². The topological polar surface area (TPSA) is 83.7 Å². The SMILES string of the molecule is CC(=O)N1Cc2ccccc2C[C@H]1C(=O)N1CCC(C(N)=O)C1. The summed E-state index contributed by atoms with van der Waals surface area (Å²) in [7, 11) is 0. The van der Waals surface area contributed by atoms with Gasteiger partial charge in [-0.05, 0) is 17.5 Å². The van der Waals surface area contributed by atoms with Crippen LogP contribution in [0.2, 0.25) is 0 Å². The molecule has 1 unspecified atom stereocenters. The van der Waals surface area contributed by atoms with Gasteiger partial charge in [0, 0.05) is 33.0 Å². The Kier molecular flexibility index (Phi) is 4.07. The van der Waals surface area contributed by atoms with E-state index in [9.17, 15) is 14.4 Å². The van der Waals surface area contributed by atoms with Crippen molar-refractivity contribution in [2.75, 3.05) is 13.1 Å². The van der Waals surface area contributed by atoms with Gasteiger partial charge in [0.05, 0.1) is 5.92 Å². The molecule has 2 N–H and O–H groups in total. The average molecular weight is 315 g/mol. The summed E-state index contributed by atoms with van der Waals surface area (Å²) in [5.74, 6) is -0.833. The molecule has 23 heavy (non-hydrogen) atoms. The zero-order valence-electron chi connectivity index (χ0n) is 13.2. The van der Waals surface area contributed by atoms with Gasteiger partial charge in [0.15, 0.2) is 0 Å². The standard InChI is InChI=1S/C17H21N3O3/c1-11(21)20-10-13-5-3-2-4-12(13)8-15(20)17(23)19-7-6-14(9-19)16(18)22/h2-5,14-15H,6-10H2,1H3,(H2,18,22)/t14?,15-/m0/s1. The van der Waals surface area contributed by atoms with Gasteiger partial charge in [-0.15, -0.1) is 0 Å². The molecule has 2 aliphatic rings. The Morgan fingerprint density at radius 1 is 1.17 bits per heavy atom. The van der Waals surface area contributed by atoms with Crippen molar-refractivity contribution in [1.82, 2.24) is 9.80 Å². The maximum Gasteiger partial charge on any atom is 0.245 e. The first-order chi connectivity index (χ1) is 11.0. The number of carbonyl (C=O) groups excluding carboxylic acids is 3. The number of hydrogen-bond acceptors (Lipinski definition) is 3. The molecule has 2 heterocycles. The van der Waals surface area contributed by atoms with Gasteiger partial charge < -0.3 is 15.5 Å². The van der Waals surface area contributed by atoms with Crippen molar-refractivity contribution < 1.29 is 14.4 Å². The second-order valence-electron chi connectivity index (χ2n) is 6.31. The number of amides is 3. The summed E-state index contributed by atoms with van der Waals surface area (Å²) in [4.78, 5) is 39.5. The van der Waals surface area contributed by atoms with Gasteiger partial charge in [-0.25, -0.2) is 0 Å². The minimum atomic E-state index is -0.492. The van der Waals surface area contributed by atoms with Crippen molar-refractivity contribution in [2.45, 2.75) is 32.4 Å². The minimum Gasteiger partial charge on any atom is -0.369 e. The van der Waals surface area contributed by atoms with E-state index in [0.29, 0.717) is 32.5 Å². The van der Waals surface area contributed by atoms with Crippen LogP contribution in [0.4, 0.5) is 0 Å². The molecule has 0 radical (unpaired) electrons. The third-order valence-electron chi connectivity index (χ3n) is 4.84. The largest absolute Gasteiger partial charge is 0.369 e. The number of nitrogens with zero attached hydrogens (tertiary/aromatic N) is 2. The molecule has 2 atom stereocenters. The van der Waals surface area contributed by atoms with E-state index in [4.69, 9.17) is 5.73 Å². The number of benzene rings is 1. The lowest BCUT2D eigenvalue weighted by Crippen LogP contribution is -2.52. The summed E-state index contributed by atoms with van der Waals surface area (Å²) in [5.41, 5.74) is 7.53. The van der Waals surface area contributed by atoms with Gasteiger partial charge in [-0.1, -0.05) is 24.3 Å². The zero-order chi connectivity index (χ0) is 16.6. The highest BCUT2D eigenvalue weighted by atomic mass is 16.2. The van der Waals surface area contributed by atoms with Gasteiger partial charge in [0.25, 0.3) is 0 Å². The van der Waals surface area contributed by atoms with Gasteiger partial charge in [0.1, 0.15) is 6.04 Å². The summed E-state index contributed by atoms with van der Waals surface area (Å²) in [6, 6.07) is 7.39. The Bertz CT molecular complexity index is 658. The van der Waals surface area contributed by atoms with Gasteiger partial charge in [0.2, 0.25) is 17.7 Å². The maximum atomic E-state index is 12.9. The molecule has 0 saturated carbocycles. The summed E-state index contributed by atoms with van der Waals surface area (Å²) in [6.07, 6.45) is 1.12. The molecule has 1 fully saturated rings. The van der Waals surface area contributed by atoms with E-state index in [2.05, 4.69) is 0 Å². The van der Waals surface area contributed by atoms with Crippen LogP contribution in [-0.2, 0) is 27.3 Å². The van der Waals surface area contributed by atoms with Crippen LogP contribution in [0.5, 0.6) is 0 Å². The molecule has 6 nitrogen and oxygen atoms in total. The van der Waals surface area contributed by atoms with Gasteiger partial charge in [-0.3, -0.25) is 14.4 Å². The molecular formula is C17H21N3O3. The Morgan fingerprint density at radius 3 is 2.48 bits per heavy atom. The van der Waals surface area contributed by atoms with Crippen LogP contribution in [0.25, 0.3) is 0 Å². The Hall–Kier alpha value is -2.37. The first-order valence-corrected chi connectivity index (χ1v) is 7.89. The highest BCUT2D eigenvalue weighted by Crippen LogP contribution is 2.26. The van der Waals surface area contributed by atoms with Crippen LogP contribution in [0, 0.1) is 5.92 Å². The quantitative estimate of drug-likeness (QED) is 0.851. The number of fused-ring (bicyclic) bond motifs is 1. The highest BCUT2D eigenvalue weighted by Gasteiger charge is 2.38. The summed E-state index contributed by atoms with van der Waals surface area (Å²) < 4.78 is 0.